The molecule has 1 N–H and O–H groups in total. The molecule has 1 heterocycles. The zero-order valence-corrected chi connectivity index (χ0v) is 12.0. The van der Waals surface area contributed by atoms with Crippen LogP contribution < -0.4 is 5.32 Å². The van der Waals surface area contributed by atoms with Crippen LogP contribution in [0.4, 0.5) is 0 Å². The Morgan fingerprint density at radius 2 is 1.76 bits per heavy atom. The molecule has 0 spiro atoms. The summed E-state index contributed by atoms with van der Waals surface area (Å²) >= 11 is 0. The van der Waals surface area contributed by atoms with Crippen LogP contribution >= 0.6 is 12.4 Å². The van der Waals surface area contributed by atoms with E-state index in [1.54, 1.807) is 42.6 Å². The summed E-state index contributed by atoms with van der Waals surface area (Å²) in [7, 11) is 0. The number of nitrogens with one attached hydrogen (secondary N) is 1. The second kappa shape index (κ2) is 8.71. The van der Waals surface area contributed by atoms with Gasteiger partial charge < -0.3 is 10.1 Å². The lowest BCUT2D eigenvalue weighted by Crippen LogP contribution is -2.28. The predicted molar refractivity (Wildman–Crippen MR) is 80.5 cm³/mol. The number of hydrogen-bond acceptors (Lipinski definition) is 4. The average Bonchev–Trinajstić information content (AvgIpc) is 2.53. The molecule has 1 amide bonds. The largest absolute Gasteiger partial charge is 0.460 e. The minimum absolute atomic E-state index is 0. The molecular formula is C15H15ClN2O3. The molecular weight excluding hydrogens is 292 g/mol. The summed E-state index contributed by atoms with van der Waals surface area (Å²) in [6, 6.07) is 12.1. The Bertz CT molecular complexity index is 522. The van der Waals surface area contributed by atoms with E-state index in [-0.39, 0.29) is 31.5 Å². The summed E-state index contributed by atoms with van der Waals surface area (Å²) < 4.78 is 5.02. The molecule has 5 nitrogen and oxygen atoms in total. The van der Waals surface area contributed by atoms with Crippen LogP contribution in [-0.4, -0.2) is 30.0 Å². The Labute approximate surface area is 128 Å². The maximum absolute atomic E-state index is 11.7. The molecule has 0 saturated heterocycles. The van der Waals surface area contributed by atoms with Gasteiger partial charge in [0.1, 0.15) is 6.61 Å². The summed E-state index contributed by atoms with van der Waals surface area (Å²) in [6.45, 7) is 0.381. The molecule has 0 aliphatic heterocycles. The van der Waals surface area contributed by atoms with Gasteiger partial charge in [0.25, 0.3) is 5.91 Å². The van der Waals surface area contributed by atoms with Crippen molar-refractivity contribution in [1.82, 2.24) is 10.3 Å². The third kappa shape index (κ3) is 5.24. The summed E-state index contributed by atoms with van der Waals surface area (Å²) in [6.07, 6.45) is 3.02. The second-order valence-electron chi connectivity index (χ2n) is 4.00. The van der Waals surface area contributed by atoms with Gasteiger partial charge in [0.2, 0.25) is 0 Å². The van der Waals surface area contributed by atoms with Crippen LogP contribution in [0.25, 0.3) is 0 Å². The molecule has 6 heteroatoms. The topological polar surface area (TPSA) is 68.3 Å². The molecule has 0 atom stereocenters. The van der Waals surface area contributed by atoms with Crippen LogP contribution in [0.15, 0.2) is 54.9 Å². The lowest BCUT2D eigenvalue weighted by Gasteiger charge is -2.06. The van der Waals surface area contributed by atoms with Crippen molar-refractivity contribution in [1.29, 1.82) is 0 Å². The highest BCUT2D eigenvalue weighted by Crippen LogP contribution is 1.99. The molecule has 0 fully saturated rings. The van der Waals surface area contributed by atoms with E-state index in [1.165, 1.54) is 6.20 Å². The maximum atomic E-state index is 11.7. The van der Waals surface area contributed by atoms with Crippen LogP contribution in [0.5, 0.6) is 0 Å². The fourth-order valence-corrected chi connectivity index (χ4v) is 1.57. The van der Waals surface area contributed by atoms with E-state index in [2.05, 4.69) is 10.3 Å². The number of benzene rings is 1. The maximum Gasteiger partial charge on any atom is 0.339 e. The lowest BCUT2D eigenvalue weighted by molar-refractivity contribution is 0.0502. The number of rotatable bonds is 5. The highest BCUT2D eigenvalue weighted by atomic mass is 35.5. The Kier molecular flexibility index (Phi) is 6.91. The molecule has 110 valence electrons. The van der Waals surface area contributed by atoms with Gasteiger partial charge >= 0.3 is 5.97 Å². The summed E-state index contributed by atoms with van der Waals surface area (Å²) in [5, 5.41) is 2.67. The highest BCUT2D eigenvalue weighted by Gasteiger charge is 2.07. The standard InChI is InChI=1S/C15H14N2O3.ClH/c18-14(12-5-2-1-3-6-12)17-9-10-20-15(19)13-7-4-8-16-11-13;/h1-8,11H,9-10H2,(H,17,18);1H. The van der Waals surface area contributed by atoms with Gasteiger partial charge in [-0.2, -0.15) is 0 Å². The SMILES string of the molecule is Cl.O=C(NCCOC(=O)c1cccnc1)c1ccccc1. The van der Waals surface area contributed by atoms with Crippen molar-refractivity contribution < 1.29 is 14.3 Å². The summed E-state index contributed by atoms with van der Waals surface area (Å²) in [5.41, 5.74) is 0.966. The predicted octanol–water partition coefficient (Wildman–Crippen LogP) is 2.09. The Balaban J connectivity index is 0.00000220. The Hall–Kier alpha value is -2.40. The number of nitrogens with zero attached hydrogens (tertiary/aromatic N) is 1. The van der Waals surface area contributed by atoms with Gasteiger partial charge in [-0.1, -0.05) is 18.2 Å². The number of ether oxygens (including phenoxy) is 1. The van der Waals surface area contributed by atoms with Crippen LogP contribution in [-0.2, 0) is 4.74 Å². The molecule has 0 aliphatic rings. The van der Waals surface area contributed by atoms with Gasteiger partial charge in [0.15, 0.2) is 0 Å². The minimum Gasteiger partial charge on any atom is -0.460 e. The molecule has 0 radical (unpaired) electrons. The molecule has 0 bridgehead atoms. The van der Waals surface area contributed by atoms with Crippen LogP contribution in [0.1, 0.15) is 20.7 Å². The van der Waals surface area contributed by atoms with Gasteiger partial charge in [0, 0.05) is 18.0 Å². The van der Waals surface area contributed by atoms with Gasteiger partial charge in [-0.25, -0.2) is 4.79 Å². The molecule has 2 rings (SSSR count). The quantitative estimate of drug-likeness (QED) is 0.678. The lowest BCUT2D eigenvalue weighted by atomic mass is 10.2. The van der Waals surface area contributed by atoms with Crippen LogP contribution in [0.3, 0.4) is 0 Å². The third-order valence-corrected chi connectivity index (χ3v) is 2.55. The number of carbonyl (C=O) groups excluding carboxylic acids is 2. The van der Waals surface area contributed by atoms with Crippen molar-refractivity contribution in [2.45, 2.75) is 0 Å². The number of esters is 1. The molecule has 21 heavy (non-hydrogen) atoms. The van der Waals surface area contributed by atoms with Crippen molar-refractivity contribution in [3.8, 4) is 0 Å². The van der Waals surface area contributed by atoms with E-state index in [1.807, 2.05) is 6.07 Å². The highest BCUT2D eigenvalue weighted by molar-refractivity contribution is 5.94. The normalized spacial score (nSPS) is 9.33. The number of halogens is 1. The van der Waals surface area contributed by atoms with E-state index < -0.39 is 5.97 Å². The number of hydrogen-bond donors (Lipinski definition) is 1. The fraction of sp³-hybridized carbons (Fsp3) is 0.133. The Morgan fingerprint density at radius 3 is 2.43 bits per heavy atom. The summed E-state index contributed by atoms with van der Waals surface area (Å²) in [5.74, 6) is -0.643. The Morgan fingerprint density at radius 1 is 1.05 bits per heavy atom. The first-order valence-corrected chi connectivity index (χ1v) is 6.18. The summed E-state index contributed by atoms with van der Waals surface area (Å²) in [4.78, 5) is 27.1. The van der Waals surface area contributed by atoms with E-state index in [4.69, 9.17) is 4.74 Å². The third-order valence-electron chi connectivity index (χ3n) is 2.55. The van der Waals surface area contributed by atoms with Crippen LogP contribution in [0.2, 0.25) is 0 Å². The second-order valence-corrected chi connectivity index (χ2v) is 4.00. The van der Waals surface area contributed by atoms with Gasteiger partial charge in [-0.15, -0.1) is 12.4 Å². The fourth-order valence-electron chi connectivity index (χ4n) is 1.57. The van der Waals surface area contributed by atoms with Gasteiger partial charge in [-0.3, -0.25) is 9.78 Å². The number of pyridine rings is 1. The molecule has 0 unspecified atom stereocenters. The van der Waals surface area contributed by atoms with Crippen molar-refractivity contribution in [3.63, 3.8) is 0 Å². The monoisotopic (exact) mass is 306 g/mol. The number of aromatic nitrogens is 1. The van der Waals surface area contributed by atoms with Gasteiger partial charge in [0.05, 0.1) is 12.1 Å². The van der Waals surface area contributed by atoms with Crippen LogP contribution in [0, 0.1) is 0 Å². The van der Waals surface area contributed by atoms with E-state index in [9.17, 15) is 9.59 Å². The minimum atomic E-state index is -0.452. The zero-order chi connectivity index (χ0) is 14.2. The zero-order valence-electron chi connectivity index (χ0n) is 11.2. The molecule has 1 aromatic carbocycles. The first-order valence-electron chi connectivity index (χ1n) is 6.18. The average molecular weight is 307 g/mol. The van der Waals surface area contributed by atoms with Crippen molar-refractivity contribution >= 4 is 24.3 Å². The first kappa shape index (κ1) is 16.7. The van der Waals surface area contributed by atoms with Crippen molar-refractivity contribution in [3.05, 3.63) is 66.0 Å². The first-order chi connectivity index (χ1) is 9.77. The number of carbonyl (C=O) groups is 2. The van der Waals surface area contributed by atoms with Crippen molar-refractivity contribution in [2.24, 2.45) is 0 Å². The molecule has 0 saturated carbocycles. The van der Waals surface area contributed by atoms with Gasteiger partial charge in [-0.05, 0) is 24.3 Å². The van der Waals surface area contributed by atoms with E-state index >= 15 is 0 Å². The van der Waals surface area contributed by atoms with E-state index in [0.717, 1.165) is 0 Å². The smallest absolute Gasteiger partial charge is 0.339 e. The molecule has 2 aromatic rings. The van der Waals surface area contributed by atoms with Crippen molar-refractivity contribution in [2.75, 3.05) is 13.2 Å². The molecule has 1 aromatic heterocycles. The van der Waals surface area contributed by atoms with E-state index in [0.29, 0.717) is 11.1 Å². The molecule has 0 aliphatic carbocycles. The number of amides is 1.